The van der Waals surface area contributed by atoms with E-state index in [1.807, 2.05) is 30.3 Å². The van der Waals surface area contributed by atoms with E-state index in [1.165, 1.54) is 0 Å². The van der Waals surface area contributed by atoms with Crippen molar-refractivity contribution in [3.8, 4) is 0 Å². The van der Waals surface area contributed by atoms with Gasteiger partial charge in [-0.1, -0.05) is 35.5 Å². The van der Waals surface area contributed by atoms with Gasteiger partial charge in [0.1, 0.15) is 12.3 Å². The molecule has 1 aromatic carbocycles. The summed E-state index contributed by atoms with van der Waals surface area (Å²) in [5.41, 5.74) is 0.214. The van der Waals surface area contributed by atoms with Crippen molar-refractivity contribution in [3.63, 3.8) is 0 Å². The first-order valence-corrected chi connectivity index (χ1v) is 11.2. The number of oxime groups is 1. The molecule has 1 aromatic rings. The minimum Gasteiger partial charge on any atom is -0.481 e. The van der Waals surface area contributed by atoms with Crippen LogP contribution in [-0.4, -0.2) is 84.0 Å². The van der Waals surface area contributed by atoms with Crippen molar-refractivity contribution in [1.29, 1.82) is 0 Å². The Labute approximate surface area is 196 Å². The number of amides is 2. The first kappa shape index (κ1) is 23.3. The maximum atomic E-state index is 13.0. The zero-order chi connectivity index (χ0) is 24.0. The molecule has 0 aliphatic carbocycles. The van der Waals surface area contributed by atoms with Gasteiger partial charge in [-0.15, -0.1) is 0 Å². The normalized spacial score (nSPS) is 23.1. The molecule has 3 aliphatic heterocycles. The van der Waals surface area contributed by atoms with Crippen LogP contribution in [0.1, 0.15) is 24.8 Å². The van der Waals surface area contributed by atoms with Crippen molar-refractivity contribution in [2.75, 3.05) is 32.7 Å². The number of aliphatic carboxylic acids is 1. The number of ether oxygens (including phenoxy) is 1. The Kier molecular flexibility index (Phi) is 7.14. The lowest BCUT2D eigenvalue weighted by Gasteiger charge is -2.24. The van der Waals surface area contributed by atoms with Crippen LogP contribution in [0, 0.1) is 0 Å². The Morgan fingerprint density at radius 3 is 2.85 bits per heavy atom. The SMILES string of the molecule is O=C(O)CCNC(=O)C1=NOC2(C1)CC(CNC1=NCCN1)N(C(=O)OCc1ccccc1)C2. The predicted molar refractivity (Wildman–Crippen MR) is 121 cm³/mol. The van der Waals surface area contributed by atoms with E-state index >= 15 is 0 Å². The number of benzene rings is 1. The number of nitrogens with zero attached hydrogens (tertiary/aromatic N) is 3. The molecule has 0 saturated carbocycles. The Morgan fingerprint density at radius 2 is 2.12 bits per heavy atom. The number of hydrogen-bond donors (Lipinski definition) is 4. The van der Waals surface area contributed by atoms with Crippen molar-refractivity contribution in [2.24, 2.45) is 10.1 Å². The van der Waals surface area contributed by atoms with Crippen LogP contribution in [0.3, 0.4) is 0 Å². The highest BCUT2D eigenvalue weighted by Crippen LogP contribution is 2.37. The van der Waals surface area contributed by atoms with Crippen molar-refractivity contribution in [1.82, 2.24) is 20.9 Å². The van der Waals surface area contributed by atoms with Crippen LogP contribution in [0.4, 0.5) is 4.79 Å². The van der Waals surface area contributed by atoms with Gasteiger partial charge in [0.25, 0.3) is 5.91 Å². The molecule has 12 nitrogen and oxygen atoms in total. The summed E-state index contributed by atoms with van der Waals surface area (Å²) in [6.45, 7) is 2.24. The third kappa shape index (κ3) is 5.74. The van der Waals surface area contributed by atoms with Crippen LogP contribution in [-0.2, 0) is 25.8 Å². The molecule has 0 bridgehead atoms. The monoisotopic (exact) mass is 472 g/mol. The summed E-state index contributed by atoms with van der Waals surface area (Å²) in [5, 5.41) is 21.6. The van der Waals surface area contributed by atoms with Gasteiger partial charge in [0.15, 0.2) is 11.6 Å². The summed E-state index contributed by atoms with van der Waals surface area (Å²) in [6, 6.07) is 9.14. The summed E-state index contributed by atoms with van der Waals surface area (Å²) in [6.07, 6.45) is 0.00191. The molecule has 0 aromatic heterocycles. The number of guanidine groups is 1. The second-order valence-electron chi connectivity index (χ2n) is 8.45. The molecule has 0 radical (unpaired) electrons. The highest BCUT2D eigenvalue weighted by molar-refractivity contribution is 6.39. The van der Waals surface area contributed by atoms with E-state index in [1.54, 1.807) is 4.90 Å². The molecule has 2 atom stereocenters. The lowest BCUT2D eigenvalue weighted by atomic mass is 9.94. The van der Waals surface area contributed by atoms with Crippen molar-refractivity contribution >= 4 is 29.6 Å². The van der Waals surface area contributed by atoms with Crippen LogP contribution in [0.15, 0.2) is 40.5 Å². The third-order valence-corrected chi connectivity index (χ3v) is 5.85. The molecule has 12 heteroatoms. The van der Waals surface area contributed by atoms with E-state index in [2.05, 4.69) is 26.1 Å². The summed E-state index contributed by atoms with van der Waals surface area (Å²) < 4.78 is 5.55. The highest BCUT2D eigenvalue weighted by Gasteiger charge is 2.52. The molecule has 2 amide bonds. The standard InChI is InChI=1S/C22H28N6O6/c29-18(30)6-7-23-19(31)17-11-22(34-27-17)10-16(12-26-20-24-8-9-25-20)28(14-22)21(32)33-13-15-4-2-1-3-5-15/h1-5,16H,6-14H2,(H,23,31)(H,29,30)(H2,24,25,26). The second kappa shape index (κ2) is 10.4. The minimum atomic E-state index is -1.00. The van der Waals surface area contributed by atoms with Crippen LogP contribution in [0.25, 0.3) is 0 Å². The fourth-order valence-electron chi connectivity index (χ4n) is 4.20. The van der Waals surface area contributed by atoms with Gasteiger partial charge >= 0.3 is 12.1 Å². The number of likely N-dealkylation sites (tertiary alicyclic amines) is 1. The van der Waals surface area contributed by atoms with Crippen LogP contribution >= 0.6 is 0 Å². The number of hydrogen-bond acceptors (Lipinski definition) is 9. The number of carboxylic acids is 1. The first-order chi connectivity index (χ1) is 16.4. The number of aliphatic imine (C=N–C) groups is 1. The van der Waals surface area contributed by atoms with Gasteiger partial charge in [-0.25, -0.2) is 4.79 Å². The van der Waals surface area contributed by atoms with Gasteiger partial charge in [0, 0.05) is 32.5 Å². The smallest absolute Gasteiger partial charge is 0.410 e. The largest absolute Gasteiger partial charge is 0.481 e. The topological polar surface area (TPSA) is 154 Å². The Hall–Kier alpha value is -3.83. The third-order valence-electron chi connectivity index (χ3n) is 5.85. The number of carboxylic acid groups (broad SMARTS) is 1. The van der Waals surface area contributed by atoms with Crippen molar-refractivity contribution in [3.05, 3.63) is 35.9 Å². The summed E-state index contributed by atoms with van der Waals surface area (Å²) in [4.78, 5) is 47.6. The first-order valence-electron chi connectivity index (χ1n) is 11.2. The molecular weight excluding hydrogens is 444 g/mol. The Balaban J connectivity index is 1.38. The number of carbonyl (C=O) groups excluding carboxylic acids is 2. The molecule has 1 saturated heterocycles. The average molecular weight is 473 g/mol. The molecule has 3 aliphatic rings. The fourth-order valence-corrected chi connectivity index (χ4v) is 4.20. The molecule has 1 spiro atoms. The number of rotatable bonds is 8. The molecule has 182 valence electrons. The van der Waals surface area contributed by atoms with Gasteiger partial charge in [-0.3, -0.25) is 19.5 Å². The molecule has 34 heavy (non-hydrogen) atoms. The van der Waals surface area contributed by atoms with Gasteiger partial charge in [-0.2, -0.15) is 0 Å². The molecular formula is C22H28N6O6. The Bertz CT molecular complexity index is 983. The number of carbonyl (C=O) groups is 3. The van der Waals surface area contributed by atoms with Gasteiger partial charge < -0.3 is 30.6 Å². The molecule has 4 rings (SSSR count). The predicted octanol–water partition coefficient (Wildman–Crippen LogP) is 0.0523. The van der Waals surface area contributed by atoms with E-state index in [4.69, 9.17) is 14.7 Å². The highest BCUT2D eigenvalue weighted by atomic mass is 16.7. The quantitative estimate of drug-likeness (QED) is 0.414. The lowest BCUT2D eigenvalue weighted by molar-refractivity contribution is -0.136. The molecule has 3 heterocycles. The molecule has 2 unspecified atom stereocenters. The maximum Gasteiger partial charge on any atom is 0.410 e. The lowest BCUT2D eigenvalue weighted by Crippen LogP contribution is -2.45. The summed E-state index contributed by atoms with van der Waals surface area (Å²) in [7, 11) is 0. The molecule has 4 N–H and O–H groups in total. The fraction of sp³-hybridized carbons (Fsp3) is 0.500. The van der Waals surface area contributed by atoms with E-state index in [9.17, 15) is 14.4 Å². The van der Waals surface area contributed by atoms with Crippen LogP contribution < -0.4 is 16.0 Å². The van der Waals surface area contributed by atoms with Gasteiger partial charge in [0.05, 0.1) is 25.6 Å². The molecule has 1 fully saturated rings. The van der Waals surface area contributed by atoms with E-state index in [0.29, 0.717) is 25.5 Å². The zero-order valence-electron chi connectivity index (χ0n) is 18.7. The van der Waals surface area contributed by atoms with Gasteiger partial charge in [0.2, 0.25) is 0 Å². The van der Waals surface area contributed by atoms with E-state index < -0.39 is 23.6 Å². The second-order valence-corrected chi connectivity index (χ2v) is 8.45. The van der Waals surface area contributed by atoms with E-state index in [-0.39, 0.29) is 44.3 Å². The minimum absolute atomic E-state index is 0.000218. The van der Waals surface area contributed by atoms with Crippen LogP contribution in [0.5, 0.6) is 0 Å². The number of nitrogens with one attached hydrogen (secondary N) is 3. The zero-order valence-corrected chi connectivity index (χ0v) is 18.7. The van der Waals surface area contributed by atoms with E-state index in [0.717, 1.165) is 12.1 Å². The van der Waals surface area contributed by atoms with Crippen molar-refractivity contribution in [2.45, 2.75) is 37.5 Å². The van der Waals surface area contributed by atoms with Crippen molar-refractivity contribution < 1.29 is 29.1 Å². The maximum absolute atomic E-state index is 13.0. The van der Waals surface area contributed by atoms with Gasteiger partial charge in [-0.05, 0) is 5.56 Å². The Morgan fingerprint density at radius 1 is 1.29 bits per heavy atom. The summed E-state index contributed by atoms with van der Waals surface area (Å²) in [5.74, 6) is -0.790. The average Bonchev–Trinajstić information content (AvgIpc) is 3.57. The summed E-state index contributed by atoms with van der Waals surface area (Å²) >= 11 is 0. The van der Waals surface area contributed by atoms with Crippen LogP contribution in [0.2, 0.25) is 0 Å².